The van der Waals surface area contributed by atoms with Crippen LogP contribution in [0.5, 0.6) is 0 Å². The van der Waals surface area contributed by atoms with Crippen molar-refractivity contribution in [3.63, 3.8) is 0 Å². The number of amides is 1. The molecule has 0 spiro atoms. The van der Waals surface area contributed by atoms with Gasteiger partial charge in [-0.3, -0.25) is 9.59 Å². The van der Waals surface area contributed by atoms with Crippen molar-refractivity contribution in [2.45, 2.75) is 32.1 Å². The summed E-state index contributed by atoms with van der Waals surface area (Å²) in [5.74, 6) is -0.544. The molecular formula is C19H20N2O3. The lowest BCUT2D eigenvalue weighted by atomic mass is 9.94. The molecule has 0 saturated heterocycles. The lowest BCUT2D eigenvalue weighted by Gasteiger charge is -2.14. The van der Waals surface area contributed by atoms with E-state index >= 15 is 0 Å². The third-order valence-corrected chi connectivity index (χ3v) is 3.76. The van der Waals surface area contributed by atoms with Crippen LogP contribution in [0.1, 0.15) is 53.8 Å². The number of rotatable bonds is 8. The van der Waals surface area contributed by atoms with Crippen LogP contribution < -0.4 is 5.32 Å². The number of nitrogens with zero attached hydrogens (tertiary/aromatic N) is 1. The molecule has 2 rings (SSSR count). The van der Waals surface area contributed by atoms with Crippen LogP contribution in [0, 0.1) is 11.3 Å². The zero-order valence-corrected chi connectivity index (χ0v) is 13.6. The predicted molar refractivity (Wildman–Crippen MR) is 89.5 cm³/mol. The number of ketones is 1. The van der Waals surface area contributed by atoms with Gasteiger partial charge in [-0.15, -0.1) is 0 Å². The molecule has 1 heterocycles. The molecule has 5 heteroatoms. The lowest BCUT2D eigenvalue weighted by molar-refractivity contribution is -0.122. The van der Waals surface area contributed by atoms with Gasteiger partial charge in [0.1, 0.15) is 11.7 Å². The maximum Gasteiger partial charge on any atom is 0.231 e. The second-order valence-corrected chi connectivity index (χ2v) is 5.53. The SMILES string of the molecule is CCCCNC(=O)C(CC(=O)c1ccc(C#N)cc1)c1ccco1. The van der Waals surface area contributed by atoms with E-state index in [0.717, 1.165) is 12.8 Å². The number of hydrogen-bond donors (Lipinski definition) is 1. The Hall–Kier alpha value is -2.87. The topological polar surface area (TPSA) is 83.1 Å². The summed E-state index contributed by atoms with van der Waals surface area (Å²) in [5, 5.41) is 11.7. The summed E-state index contributed by atoms with van der Waals surface area (Å²) in [6.07, 6.45) is 3.39. The van der Waals surface area contributed by atoms with E-state index in [1.54, 1.807) is 36.4 Å². The molecule has 0 bridgehead atoms. The first-order valence-corrected chi connectivity index (χ1v) is 8.00. The molecule has 5 nitrogen and oxygen atoms in total. The van der Waals surface area contributed by atoms with Gasteiger partial charge in [0.05, 0.1) is 17.9 Å². The number of hydrogen-bond acceptors (Lipinski definition) is 4. The Bertz CT molecular complexity index is 712. The Balaban J connectivity index is 2.11. The first kappa shape index (κ1) is 17.5. The van der Waals surface area contributed by atoms with Gasteiger partial charge in [-0.05, 0) is 30.7 Å². The highest BCUT2D eigenvalue weighted by Gasteiger charge is 2.26. The third-order valence-electron chi connectivity index (χ3n) is 3.76. The first-order valence-electron chi connectivity index (χ1n) is 8.00. The fraction of sp³-hybridized carbons (Fsp3) is 0.316. The van der Waals surface area contributed by atoms with Gasteiger partial charge in [-0.25, -0.2) is 0 Å². The van der Waals surface area contributed by atoms with Crippen LogP contribution in [-0.2, 0) is 4.79 Å². The van der Waals surface area contributed by atoms with Crippen LogP contribution in [0.2, 0.25) is 0 Å². The van der Waals surface area contributed by atoms with E-state index in [1.807, 2.05) is 13.0 Å². The molecule has 0 saturated carbocycles. The molecule has 0 aliphatic carbocycles. The maximum absolute atomic E-state index is 12.5. The van der Waals surface area contributed by atoms with Crippen molar-refractivity contribution in [3.05, 3.63) is 59.5 Å². The number of Topliss-reactive ketones (excluding diaryl/α,β-unsaturated/α-hetero) is 1. The molecule has 0 radical (unpaired) electrons. The van der Waals surface area contributed by atoms with Crippen molar-refractivity contribution >= 4 is 11.7 Å². The smallest absolute Gasteiger partial charge is 0.231 e. The summed E-state index contributed by atoms with van der Waals surface area (Å²) >= 11 is 0. The van der Waals surface area contributed by atoms with Crippen molar-refractivity contribution < 1.29 is 14.0 Å². The molecule has 1 N–H and O–H groups in total. The molecule has 1 amide bonds. The molecule has 1 aromatic carbocycles. The molecule has 2 aromatic rings. The summed E-state index contributed by atoms with van der Waals surface area (Å²) in [6, 6.07) is 11.8. The normalized spacial score (nSPS) is 11.5. The van der Waals surface area contributed by atoms with Crippen LogP contribution in [0.25, 0.3) is 0 Å². The van der Waals surface area contributed by atoms with Gasteiger partial charge in [0.2, 0.25) is 5.91 Å². The molecule has 1 atom stereocenters. The van der Waals surface area contributed by atoms with E-state index in [0.29, 0.717) is 23.4 Å². The number of nitrogens with one attached hydrogen (secondary N) is 1. The van der Waals surface area contributed by atoms with E-state index in [-0.39, 0.29) is 18.1 Å². The van der Waals surface area contributed by atoms with E-state index < -0.39 is 5.92 Å². The number of furan rings is 1. The summed E-state index contributed by atoms with van der Waals surface area (Å²) in [5.41, 5.74) is 0.971. The zero-order chi connectivity index (χ0) is 17.4. The monoisotopic (exact) mass is 324 g/mol. The van der Waals surface area contributed by atoms with Gasteiger partial charge in [0.15, 0.2) is 5.78 Å². The van der Waals surface area contributed by atoms with E-state index in [4.69, 9.17) is 9.68 Å². The maximum atomic E-state index is 12.5. The van der Waals surface area contributed by atoms with Crippen LogP contribution in [-0.4, -0.2) is 18.2 Å². The number of carbonyl (C=O) groups excluding carboxylic acids is 2. The number of carbonyl (C=O) groups is 2. The lowest BCUT2D eigenvalue weighted by Crippen LogP contribution is -2.31. The number of unbranched alkanes of at least 4 members (excludes halogenated alkanes) is 1. The van der Waals surface area contributed by atoms with Crippen LogP contribution in [0.3, 0.4) is 0 Å². The largest absolute Gasteiger partial charge is 0.469 e. The Morgan fingerprint density at radius 3 is 2.58 bits per heavy atom. The predicted octanol–water partition coefficient (Wildman–Crippen LogP) is 3.42. The Morgan fingerprint density at radius 2 is 2.00 bits per heavy atom. The van der Waals surface area contributed by atoms with Crippen LogP contribution in [0.15, 0.2) is 47.1 Å². The molecular weight excluding hydrogens is 304 g/mol. The van der Waals surface area contributed by atoms with Gasteiger partial charge in [0.25, 0.3) is 0 Å². The Morgan fingerprint density at radius 1 is 1.25 bits per heavy atom. The van der Waals surface area contributed by atoms with Crippen molar-refractivity contribution in [2.75, 3.05) is 6.54 Å². The number of benzene rings is 1. The first-order chi connectivity index (χ1) is 11.7. The van der Waals surface area contributed by atoms with Crippen molar-refractivity contribution in [2.24, 2.45) is 0 Å². The Kier molecular flexibility index (Phi) is 6.32. The summed E-state index contributed by atoms with van der Waals surface area (Å²) in [4.78, 5) is 24.9. The average molecular weight is 324 g/mol. The molecule has 1 aromatic heterocycles. The third kappa shape index (κ3) is 4.56. The molecule has 24 heavy (non-hydrogen) atoms. The highest BCUT2D eigenvalue weighted by Crippen LogP contribution is 2.23. The van der Waals surface area contributed by atoms with Crippen molar-refractivity contribution in [1.82, 2.24) is 5.32 Å². The minimum absolute atomic E-state index is 0.0252. The van der Waals surface area contributed by atoms with E-state index in [2.05, 4.69) is 5.32 Å². The molecule has 124 valence electrons. The Labute approximate surface area is 141 Å². The second kappa shape index (κ2) is 8.68. The van der Waals surface area contributed by atoms with Crippen LogP contribution >= 0.6 is 0 Å². The minimum atomic E-state index is -0.653. The van der Waals surface area contributed by atoms with Gasteiger partial charge in [-0.2, -0.15) is 5.26 Å². The summed E-state index contributed by atoms with van der Waals surface area (Å²) in [6.45, 7) is 2.63. The van der Waals surface area contributed by atoms with Crippen LogP contribution in [0.4, 0.5) is 0 Å². The van der Waals surface area contributed by atoms with Gasteiger partial charge in [-0.1, -0.05) is 25.5 Å². The fourth-order valence-corrected chi connectivity index (χ4v) is 2.36. The molecule has 0 aliphatic heterocycles. The fourth-order valence-electron chi connectivity index (χ4n) is 2.36. The van der Waals surface area contributed by atoms with Gasteiger partial charge >= 0.3 is 0 Å². The molecule has 1 unspecified atom stereocenters. The summed E-state index contributed by atoms with van der Waals surface area (Å²) < 4.78 is 5.34. The average Bonchev–Trinajstić information content (AvgIpc) is 3.14. The highest BCUT2D eigenvalue weighted by atomic mass is 16.3. The standard InChI is InChI=1S/C19H20N2O3/c1-2-3-10-21-19(23)16(18-5-4-11-24-18)12-17(22)15-8-6-14(13-20)7-9-15/h4-9,11,16H,2-3,10,12H2,1H3,(H,21,23). The minimum Gasteiger partial charge on any atom is -0.469 e. The van der Waals surface area contributed by atoms with E-state index in [9.17, 15) is 9.59 Å². The van der Waals surface area contributed by atoms with E-state index in [1.165, 1.54) is 6.26 Å². The second-order valence-electron chi connectivity index (χ2n) is 5.53. The number of nitriles is 1. The highest BCUT2D eigenvalue weighted by molar-refractivity contribution is 5.99. The zero-order valence-electron chi connectivity index (χ0n) is 13.6. The van der Waals surface area contributed by atoms with Crippen molar-refractivity contribution in [1.29, 1.82) is 5.26 Å². The van der Waals surface area contributed by atoms with Crippen molar-refractivity contribution in [3.8, 4) is 6.07 Å². The molecule has 0 aliphatic rings. The van der Waals surface area contributed by atoms with Gasteiger partial charge < -0.3 is 9.73 Å². The quantitative estimate of drug-likeness (QED) is 0.595. The summed E-state index contributed by atoms with van der Waals surface area (Å²) in [7, 11) is 0. The van der Waals surface area contributed by atoms with Gasteiger partial charge in [0, 0.05) is 18.5 Å². The molecule has 0 fully saturated rings.